The molecule has 4 nitrogen and oxygen atoms in total. The van der Waals surface area contributed by atoms with Crippen molar-refractivity contribution in [1.29, 1.82) is 0 Å². The Labute approximate surface area is 94.0 Å². The molecule has 2 heterocycles. The molecule has 1 aromatic heterocycles. The largest absolute Gasteiger partial charge is 0.474 e. The summed E-state index contributed by atoms with van der Waals surface area (Å²) in [6.45, 7) is 2.07. The monoisotopic (exact) mass is 218 g/mol. The molecule has 0 saturated heterocycles. The summed E-state index contributed by atoms with van der Waals surface area (Å²) < 4.78 is 5.84. The van der Waals surface area contributed by atoms with Crippen molar-refractivity contribution in [2.75, 3.05) is 5.32 Å². The van der Waals surface area contributed by atoms with Crippen molar-refractivity contribution in [3.8, 4) is 5.75 Å². The Morgan fingerprint density at radius 3 is 3.00 bits per heavy atom. The fraction of sp³-hybridized carbons (Fsp3) is 0.500. The zero-order valence-electron chi connectivity index (χ0n) is 9.25. The number of amides is 1. The molecule has 1 saturated carbocycles. The summed E-state index contributed by atoms with van der Waals surface area (Å²) in [5, 5.41) is 2.83. The second kappa shape index (κ2) is 3.20. The summed E-state index contributed by atoms with van der Waals surface area (Å²) in [5.74, 6) is 1.24. The van der Waals surface area contributed by atoms with Gasteiger partial charge in [0.2, 0.25) is 0 Å². The quantitative estimate of drug-likeness (QED) is 0.783. The summed E-state index contributed by atoms with van der Waals surface area (Å²) in [6.07, 6.45) is 5.39. The maximum Gasteiger partial charge on any atom is 0.269 e. The van der Waals surface area contributed by atoms with E-state index >= 15 is 0 Å². The minimum Gasteiger partial charge on any atom is -0.474 e. The van der Waals surface area contributed by atoms with Crippen LogP contribution in [-0.2, 0) is 11.2 Å². The van der Waals surface area contributed by atoms with Gasteiger partial charge in [-0.05, 0) is 37.3 Å². The Hall–Kier alpha value is -1.58. The minimum atomic E-state index is -0.596. The number of nitrogens with one attached hydrogen (secondary N) is 1. The van der Waals surface area contributed by atoms with Gasteiger partial charge in [-0.2, -0.15) is 0 Å². The summed E-state index contributed by atoms with van der Waals surface area (Å²) in [6, 6.07) is 1.97. The fourth-order valence-electron chi connectivity index (χ4n) is 2.16. The van der Waals surface area contributed by atoms with Crippen molar-refractivity contribution in [1.82, 2.24) is 4.98 Å². The van der Waals surface area contributed by atoms with Crippen molar-refractivity contribution >= 4 is 11.7 Å². The number of nitrogens with zero attached hydrogens (tertiary/aromatic N) is 1. The van der Waals surface area contributed by atoms with E-state index in [4.69, 9.17) is 4.74 Å². The Morgan fingerprint density at radius 1 is 1.56 bits per heavy atom. The first-order valence-corrected chi connectivity index (χ1v) is 5.73. The third-order valence-corrected chi connectivity index (χ3v) is 3.43. The van der Waals surface area contributed by atoms with Crippen LogP contribution in [0.4, 0.5) is 5.82 Å². The molecule has 1 fully saturated rings. The minimum absolute atomic E-state index is 0.0389. The first-order chi connectivity index (χ1) is 7.73. The zero-order chi connectivity index (χ0) is 11.2. The molecule has 1 amide bonds. The number of anilines is 1. The number of hydrogen-bond donors (Lipinski definition) is 1. The van der Waals surface area contributed by atoms with Crippen LogP contribution in [-0.4, -0.2) is 16.5 Å². The van der Waals surface area contributed by atoms with Crippen LogP contribution in [0.2, 0.25) is 0 Å². The molecule has 1 aromatic rings. The van der Waals surface area contributed by atoms with Crippen LogP contribution in [0.25, 0.3) is 0 Å². The van der Waals surface area contributed by atoms with E-state index < -0.39 is 5.60 Å². The standard InChI is InChI=1S/C12H14N2O2/c1-2-8-6-9-10(13-7-8)14-11(15)12(16-9)4-3-5-12/h6-7H,2-5H2,1H3,(H,13,14,15). The van der Waals surface area contributed by atoms with Crippen molar-refractivity contribution in [3.63, 3.8) is 0 Å². The lowest BCUT2D eigenvalue weighted by molar-refractivity contribution is -0.140. The van der Waals surface area contributed by atoms with Crippen LogP contribution >= 0.6 is 0 Å². The highest BCUT2D eigenvalue weighted by Gasteiger charge is 2.49. The number of carbonyl (C=O) groups is 1. The predicted octanol–water partition coefficient (Wildman–Crippen LogP) is 1.90. The van der Waals surface area contributed by atoms with Crippen LogP contribution in [0.3, 0.4) is 0 Å². The highest BCUT2D eigenvalue weighted by Crippen LogP contribution is 2.42. The maximum atomic E-state index is 11.8. The van der Waals surface area contributed by atoms with E-state index in [0.717, 1.165) is 37.0 Å². The zero-order valence-corrected chi connectivity index (χ0v) is 9.25. The van der Waals surface area contributed by atoms with Crippen LogP contribution in [0.15, 0.2) is 12.3 Å². The number of rotatable bonds is 1. The van der Waals surface area contributed by atoms with Gasteiger partial charge in [0, 0.05) is 6.20 Å². The third kappa shape index (κ3) is 1.22. The van der Waals surface area contributed by atoms with E-state index in [9.17, 15) is 4.79 Å². The van der Waals surface area contributed by atoms with Gasteiger partial charge in [0.05, 0.1) is 0 Å². The summed E-state index contributed by atoms with van der Waals surface area (Å²) in [5.41, 5.74) is 0.533. The van der Waals surface area contributed by atoms with Gasteiger partial charge in [0.15, 0.2) is 17.2 Å². The smallest absolute Gasteiger partial charge is 0.269 e. The van der Waals surface area contributed by atoms with E-state index in [1.807, 2.05) is 6.07 Å². The molecule has 0 bridgehead atoms. The second-order valence-corrected chi connectivity index (χ2v) is 4.45. The number of hydrogen-bond acceptors (Lipinski definition) is 3. The molecule has 1 aliphatic heterocycles. The number of aryl methyl sites for hydroxylation is 1. The third-order valence-electron chi connectivity index (χ3n) is 3.43. The van der Waals surface area contributed by atoms with Crippen LogP contribution in [0, 0.1) is 0 Å². The second-order valence-electron chi connectivity index (χ2n) is 4.45. The van der Waals surface area contributed by atoms with Crippen molar-refractivity contribution in [3.05, 3.63) is 17.8 Å². The van der Waals surface area contributed by atoms with E-state index in [1.54, 1.807) is 6.20 Å². The molecule has 1 N–H and O–H groups in total. The lowest BCUT2D eigenvalue weighted by Crippen LogP contribution is -2.55. The molecule has 3 rings (SSSR count). The van der Waals surface area contributed by atoms with E-state index in [1.165, 1.54) is 0 Å². The lowest BCUT2D eigenvalue weighted by Gasteiger charge is -2.42. The van der Waals surface area contributed by atoms with Crippen molar-refractivity contribution < 1.29 is 9.53 Å². The Bertz CT molecular complexity index is 452. The summed E-state index contributed by atoms with van der Waals surface area (Å²) in [4.78, 5) is 16.0. The number of aromatic nitrogens is 1. The number of ether oxygens (including phenoxy) is 1. The average Bonchev–Trinajstić information content (AvgIpc) is 2.25. The number of carbonyl (C=O) groups excluding carboxylic acids is 1. The predicted molar refractivity (Wildman–Crippen MR) is 59.5 cm³/mol. The molecule has 1 aliphatic carbocycles. The molecule has 16 heavy (non-hydrogen) atoms. The van der Waals surface area contributed by atoms with Gasteiger partial charge in [-0.25, -0.2) is 4.98 Å². The molecule has 0 unspecified atom stereocenters. The van der Waals surface area contributed by atoms with E-state index in [2.05, 4.69) is 17.2 Å². The van der Waals surface area contributed by atoms with Crippen molar-refractivity contribution in [2.24, 2.45) is 0 Å². The highest BCUT2D eigenvalue weighted by atomic mass is 16.5. The molecule has 0 radical (unpaired) electrons. The van der Waals surface area contributed by atoms with Crippen LogP contribution < -0.4 is 10.1 Å². The Balaban J connectivity index is 1.99. The van der Waals surface area contributed by atoms with Gasteiger partial charge in [0.25, 0.3) is 5.91 Å². The van der Waals surface area contributed by atoms with Gasteiger partial charge < -0.3 is 10.1 Å². The fourth-order valence-corrected chi connectivity index (χ4v) is 2.16. The van der Waals surface area contributed by atoms with Gasteiger partial charge in [-0.1, -0.05) is 6.92 Å². The van der Waals surface area contributed by atoms with Crippen molar-refractivity contribution in [2.45, 2.75) is 38.2 Å². The molecule has 4 heteroatoms. The topological polar surface area (TPSA) is 51.2 Å². The lowest BCUT2D eigenvalue weighted by atomic mass is 9.78. The summed E-state index contributed by atoms with van der Waals surface area (Å²) >= 11 is 0. The Kier molecular flexibility index (Phi) is 1.93. The van der Waals surface area contributed by atoms with Gasteiger partial charge in [0.1, 0.15) is 0 Å². The molecule has 1 spiro atoms. The van der Waals surface area contributed by atoms with Crippen LogP contribution in [0.1, 0.15) is 31.7 Å². The first kappa shape index (κ1) is 9.63. The van der Waals surface area contributed by atoms with E-state index in [-0.39, 0.29) is 5.91 Å². The molecular formula is C12H14N2O2. The maximum absolute atomic E-state index is 11.8. The molecule has 2 aliphatic rings. The molecule has 0 aromatic carbocycles. The average molecular weight is 218 g/mol. The SMILES string of the molecule is CCc1cnc2c(c1)OC1(CCC1)C(=O)N2. The molecular weight excluding hydrogens is 204 g/mol. The van der Waals surface area contributed by atoms with Crippen LogP contribution in [0.5, 0.6) is 5.75 Å². The van der Waals surface area contributed by atoms with Gasteiger partial charge in [-0.3, -0.25) is 4.79 Å². The number of pyridine rings is 1. The Morgan fingerprint density at radius 2 is 2.38 bits per heavy atom. The highest BCUT2D eigenvalue weighted by molar-refractivity contribution is 6.00. The first-order valence-electron chi connectivity index (χ1n) is 5.73. The van der Waals surface area contributed by atoms with E-state index in [0.29, 0.717) is 5.82 Å². The molecule has 84 valence electrons. The molecule has 0 atom stereocenters. The normalized spacial score (nSPS) is 20.7. The van der Waals surface area contributed by atoms with Gasteiger partial charge >= 0.3 is 0 Å². The van der Waals surface area contributed by atoms with Gasteiger partial charge in [-0.15, -0.1) is 0 Å². The number of fused-ring (bicyclic) bond motifs is 1. The summed E-state index contributed by atoms with van der Waals surface area (Å²) in [7, 11) is 0.